The van der Waals surface area contributed by atoms with Gasteiger partial charge in [0.25, 0.3) is 0 Å². The van der Waals surface area contributed by atoms with Crippen LogP contribution in [-0.4, -0.2) is 12.4 Å². The fourth-order valence-electron chi connectivity index (χ4n) is 1.84. The summed E-state index contributed by atoms with van der Waals surface area (Å²) in [6.45, 7) is 1.84. The summed E-state index contributed by atoms with van der Waals surface area (Å²) in [5.41, 5.74) is 0.765. The minimum Gasteiger partial charge on any atom is -0.373 e. The number of halogens is 2. The van der Waals surface area contributed by atoms with Gasteiger partial charge in [-0.25, -0.2) is 8.78 Å². The number of ketones is 1. The van der Waals surface area contributed by atoms with E-state index in [2.05, 4.69) is 0 Å². The molecule has 0 radical (unpaired) electrons. The molecular formula is C12H12F2O2. The molecule has 4 heteroatoms. The molecule has 0 aliphatic carbocycles. The molecule has 1 aromatic rings. The highest BCUT2D eigenvalue weighted by atomic mass is 19.2. The molecule has 2 rings (SSSR count). The molecule has 1 unspecified atom stereocenters. The fraction of sp³-hybridized carbons (Fsp3) is 0.417. The average molecular weight is 226 g/mol. The number of Topliss-reactive ketones (excluding diaryl/α,β-unsaturated/α-hetero) is 1. The molecule has 0 bridgehead atoms. The average Bonchev–Trinajstić information content (AvgIpc) is 2.25. The molecule has 1 atom stereocenters. The van der Waals surface area contributed by atoms with Crippen molar-refractivity contribution in [1.82, 2.24) is 0 Å². The van der Waals surface area contributed by atoms with Crippen molar-refractivity contribution in [2.75, 3.05) is 6.61 Å². The summed E-state index contributed by atoms with van der Waals surface area (Å²) in [4.78, 5) is 11.2. The monoisotopic (exact) mass is 226 g/mol. The van der Waals surface area contributed by atoms with Crippen molar-refractivity contribution in [3.8, 4) is 0 Å². The fourth-order valence-corrected chi connectivity index (χ4v) is 1.84. The highest BCUT2D eigenvalue weighted by molar-refractivity contribution is 5.79. The molecule has 0 saturated carbocycles. The lowest BCUT2D eigenvalue weighted by Crippen LogP contribution is -2.19. The first-order valence-electron chi connectivity index (χ1n) is 5.17. The number of carbonyl (C=O) groups is 1. The molecular weight excluding hydrogens is 214 g/mol. The lowest BCUT2D eigenvalue weighted by Gasteiger charge is -2.22. The van der Waals surface area contributed by atoms with Gasteiger partial charge in [-0.05, 0) is 24.1 Å². The van der Waals surface area contributed by atoms with Crippen LogP contribution in [0.3, 0.4) is 0 Å². The summed E-state index contributed by atoms with van der Waals surface area (Å²) in [7, 11) is 0. The Hall–Kier alpha value is -1.29. The first-order chi connectivity index (χ1) is 7.58. The van der Waals surface area contributed by atoms with Crippen LogP contribution < -0.4 is 0 Å². The van der Waals surface area contributed by atoms with Crippen molar-refractivity contribution in [2.45, 2.75) is 25.9 Å². The molecule has 0 spiro atoms. The standard InChI is InChI=1S/C12H12F2O2/c1-7-4-8(5-10(13)12(7)14)11-6-9(15)2-3-16-11/h4-5,11H,2-3,6H2,1H3. The Kier molecular flexibility index (Phi) is 3.01. The summed E-state index contributed by atoms with van der Waals surface area (Å²) in [6, 6.07) is 2.63. The van der Waals surface area contributed by atoms with Crippen LogP contribution in [0.2, 0.25) is 0 Å². The van der Waals surface area contributed by atoms with Gasteiger partial charge in [-0.15, -0.1) is 0 Å². The van der Waals surface area contributed by atoms with Gasteiger partial charge >= 0.3 is 0 Å². The molecule has 1 saturated heterocycles. The summed E-state index contributed by atoms with van der Waals surface area (Å²) >= 11 is 0. The number of hydrogen-bond donors (Lipinski definition) is 0. The van der Waals surface area contributed by atoms with Crippen molar-refractivity contribution in [3.05, 3.63) is 34.9 Å². The second-order valence-corrected chi connectivity index (χ2v) is 3.99. The maximum absolute atomic E-state index is 13.2. The molecule has 0 aromatic heterocycles. The van der Waals surface area contributed by atoms with Crippen molar-refractivity contribution in [2.24, 2.45) is 0 Å². The van der Waals surface area contributed by atoms with Crippen LogP contribution in [0.25, 0.3) is 0 Å². The minimum absolute atomic E-state index is 0.0960. The number of carbonyl (C=O) groups excluding carboxylic acids is 1. The number of ether oxygens (including phenoxy) is 1. The molecule has 16 heavy (non-hydrogen) atoms. The summed E-state index contributed by atoms with van der Waals surface area (Å²) < 4.78 is 31.6. The molecule has 0 N–H and O–H groups in total. The van der Waals surface area contributed by atoms with Crippen molar-refractivity contribution in [1.29, 1.82) is 0 Å². The molecule has 1 aliphatic heterocycles. The minimum atomic E-state index is -0.892. The Labute approximate surface area is 92.2 Å². The van der Waals surface area contributed by atoms with Crippen molar-refractivity contribution >= 4 is 5.78 Å². The smallest absolute Gasteiger partial charge is 0.161 e. The number of benzene rings is 1. The van der Waals surface area contributed by atoms with E-state index in [-0.39, 0.29) is 17.8 Å². The summed E-state index contributed by atoms with van der Waals surface area (Å²) in [5.74, 6) is -1.64. The topological polar surface area (TPSA) is 26.3 Å². The number of hydrogen-bond acceptors (Lipinski definition) is 2. The van der Waals surface area contributed by atoms with Gasteiger partial charge in [0, 0.05) is 12.8 Å². The van der Waals surface area contributed by atoms with E-state index in [1.165, 1.54) is 13.0 Å². The highest BCUT2D eigenvalue weighted by Gasteiger charge is 2.23. The second-order valence-electron chi connectivity index (χ2n) is 3.99. The Morgan fingerprint density at radius 1 is 1.38 bits per heavy atom. The predicted molar refractivity (Wildman–Crippen MR) is 54.0 cm³/mol. The van der Waals surface area contributed by atoms with Gasteiger partial charge in [0.2, 0.25) is 0 Å². The van der Waals surface area contributed by atoms with E-state index < -0.39 is 17.7 Å². The lowest BCUT2D eigenvalue weighted by molar-refractivity contribution is -0.128. The normalized spacial score (nSPS) is 21.2. The van der Waals surface area contributed by atoms with E-state index in [4.69, 9.17) is 4.74 Å². The first kappa shape index (κ1) is 11.2. The van der Waals surface area contributed by atoms with Gasteiger partial charge in [-0.3, -0.25) is 4.79 Å². The van der Waals surface area contributed by atoms with Gasteiger partial charge < -0.3 is 4.74 Å². The molecule has 86 valence electrons. The lowest BCUT2D eigenvalue weighted by atomic mass is 9.99. The first-order valence-corrected chi connectivity index (χ1v) is 5.17. The van der Waals surface area contributed by atoms with Crippen LogP contribution in [0.15, 0.2) is 12.1 Å². The van der Waals surface area contributed by atoms with E-state index in [1.54, 1.807) is 0 Å². The predicted octanol–water partition coefficient (Wildman–Crippen LogP) is 2.69. The molecule has 1 heterocycles. The third kappa shape index (κ3) is 2.11. The Bertz CT molecular complexity index is 406. The van der Waals surface area contributed by atoms with Gasteiger partial charge in [0.1, 0.15) is 5.78 Å². The van der Waals surface area contributed by atoms with E-state index >= 15 is 0 Å². The zero-order valence-corrected chi connectivity index (χ0v) is 8.93. The van der Waals surface area contributed by atoms with Crippen LogP contribution in [0.4, 0.5) is 8.78 Å². The van der Waals surface area contributed by atoms with E-state index in [1.807, 2.05) is 0 Å². The largest absolute Gasteiger partial charge is 0.373 e. The maximum atomic E-state index is 13.2. The Morgan fingerprint density at radius 3 is 2.75 bits per heavy atom. The summed E-state index contributed by atoms with van der Waals surface area (Å²) in [5, 5.41) is 0. The summed E-state index contributed by atoms with van der Waals surface area (Å²) in [6.07, 6.45) is 0.207. The van der Waals surface area contributed by atoms with E-state index in [9.17, 15) is 13.6 Å². The van der Waals surface area contributed by atoms with Crippen LogP contribution >= 0.6 is 0 Å². The van der Waals surface area contributed by atoms with Crippen LogP contribution in [-0.2, 0) is 9.53 Å². The van der Waals surface area contributed by atoms with Gasteiger partial charge in [-0.1, -0.05) is 6.07 Å². The van der Waals surface area contributed by atoms with Gasteiger partial charge in [0.05, 0.1) is 12.7 Å². The van der Waals surface area contributed by atoms with Gasteiger partial charge in [-0.2, -0.15) is 0 Å². The van der Waals surface area contributed by atoms with Crippen molar-refractivity contribution in [3.63, 3.8) is 0 Å². The van der Waals surface area contributed by atoms with E-state index in [0.29, 0.717) is 18.6 Å². The zero-order chi connectivity index (χ0) is 11.7. The van der Waals surface area contributed by atoms with Gasteiger partial charge in [0.15, 0.2) is 11.6 Å². The van der Waals surface area contributed by atoms with Crippen LogP contribution in [0, 0.1) is 18.6 Å². The van der Waals surface area contributed by atoms with Crippen LogP contribution in [0.5, 0.6) is 0 Å². The highest BCUT2D eigenvalue weighted by Crippen LogP contribution is 2.28. The quantitative estimate of drug-likeness (QED) is 0.736. The Morgan fingerprint density at radius 2 is 2.12 bits per heavy atom. The number of rotatable bonds is 1. The Balaban J connectivity index is 2.30. The zero-order valence-electron chi connectivity index (χ0n) is 8.93. The molecule has 2 nitrogen and oxygen atoms in total. The SMILES string of the molecule is Cc1cc(C2CC(=O)CCO2)cc(F)c1F. The maximum Gasteiger partial charge on any atom is 0.161 e. The molecule has 1 aliphatic rings. The molecule has 1 fully saturated rings. The second kappa shape index (κ2) is 4.29. The van der Waals surface area contributed by atoms with Crippen molar-refractivity contribution < 1.29 is 18.3 Å². The molecule has 1 aromatic carbocycles. The number of aryl methyl sites for hydroxylation is 1. The third-order valence-corrected chi connectivity index (χ3v) is 2.72. The van der Waals surface area contributed by atoms with E-state index in [0.717, 1.165) is 6.07 Å². The third-order valence-electron chi connectivity index (χ3n) is 2.72. The van der Waals surface area contributed by atoms with Crippen LogP contribution in [0.1, 0.15) is 30.1 Å². The molecule has 0 amide bonds.